The maximum absolute atomic E-state index is 14.4. The summed E-state index contributed by atoms with van der Waals surface area (Å²) < 4.78 is 53.4. The second-order valence-corrected chi connectivity index (χ2v) is 11.1. The normalized spacial score (nSPS) is 14.9. The van der Waals surface area contributed by atoms with Crippen LogP contribution in [0.5, 0.6) is 0 Å². The monoisotopic (exact) mass is 521 g/mol. The third kappa shape index (κ3) is 7.49. The summed E-state index contributed by atoms with van der Waals surface area (Å²) in [6, 6.07) is 10.4. The number of carbonyl (C=O) groups excluding carboxylic acids is 2. The number of rotatable bonds is 11. The molecule has 0 heterocycles. The van der Waals surface area contributed by atoms with Gasteiger partial charge in [-0.3, -0.25) is 13.9 Å². The predicted octanol–water partition coefficient (Wildman–Crippen LogP) is 3.99. The van der Waals surface area contributed by atoms with E-state index in [1.807, 2.05) is 0 Å². The quantitative estimate of drug-likeness (QED) is 0.485. The Hall–Kier alpha value is -3.01. The number of nitrogens with one attached hydrogen (secondary N) is 1. The average molecular weight is 522 g/mol. The van der Waals surface area contributed by atoms with E-state index in [4.69, 9.17) is 0 Å². The van der Waals surface area contributed by atoms with Crippen molar-refractivity contribution >= 4 is 27.5 Å². The van der Waals surface area contributed by atoms with Crippen molar-refractivity contribution < 1.29 is 26.8 Å². The van der Waals surface area contributed by atoms with E-state index in [1.54, 1.807) is 25.1 Å². The summed E-state index contributed by atoms with van der Waals surface area (Å²) in [6.07, 6.45) is 5.02. The molecule has 196 valence electrons. The van der Waals surface area contributed by atoms with E-state index in [0.29, 0.717) is 5.69 Å². The van der Waals surface area contributed by atoms with Gasteiger partial charge in [0.1, 0.15) is 17.7 Å². The molecule has 0 radical (unpaired) electrons. The van der Waals surface area contributed by atoms with E-state index in [-0.39, 0.29) is 49.4 Å². The molecule has 10 heteroatoms. The molecule has 0 aromatic heterocycles. The molecule has 0 spiro atoms. The van der Waals surface area contributed by atoms with E-state index in [2.05, 4.69) is 5.32 Å². The van der Waals surface area contributed by atoms with Gasteiger partial charge in [-0.2, -0.15) is 0 Å². The van der Waals surface area contributed by atoms with Crippen molar-refractivity contribution in [1.82, 2.24) is 10.2 Å². The smallest absolute Gasteiger partial charge is 0.242 e. The number of anilines is 1. The topological polar surface area (TPSA) is 86.8 Å². The minimum absolute atomic E-state index is 0.00754. The van der Waals surface area contributed by atoms with Gasteiger partial charge in [-0.1, -0.05) is 31.0 Å². The minimum atomic E-state index is -3.67. The number of amides is 2. The van der Waals surface area contributed by atoms with Gasteiger partial charge in [0.05, 0.1) is 11.9 Å². The summed E-state index contributed by atoms with van der Waals surface area (Å²) in [5, 5.41) is 2.99. The van der Waals surface area contributed by atoms with Crippen LogP contribution in [0.2, 0.25) is 0 Å². The summed E-state index contributed by atoms with van der Waals surface area (Å²) in [4.78, 5) is 27.5. The molecular weight excluding hydrogens is 488 g/mol. The molecule has 2 amide bonds. The number of hydrogen-bond donors (Lipinski definition) is 1. The summed E-state index contributed by atoms with van der Waals surface area (Å²) >= 11 is 0. The Kier molecular flexibility index (Phi) is 9.42. The Labute approximate surface area is 211 Å². The molecule has 1 N–H and O–H groups in total. The summed E-state index contributed by atoms with van der Waals surface area (Å²) in [6.45, 7) is 1.52. The van der Waals surface area contributed by atoms with Gasteiger partial charge in [0.25, 0.3) is 0 Å². The molecule has 2 aromatic rings. The van der Waals surface area contributed by atoms with Crippen molar-refractivity contribution in [2.45, 2.75) is 64.1 Å². The highest BCUT2D eigenvalue weighted by molar-refractivity contribution is 7.92. The van der Waals surface area contributed by atoms with Crippen LogP contribution in [-0.2, 0) is 26.2 Å². The van der Waals surface area contributed by atoms with Gasteiger partial charge in [-0.15, -0.1) is 0 Å². The van der Waals surface area contributed by atoms with Crippen LogP contribution < -0.4 is 9.62 Å². The van der Waals surface area contributed by atoms with Crippen LogP contribution in [0, 0.1) is 11.6 Å². The molecule has 0 aliphatic heterocycles. The first-order valence-electron chi connectivity index (χ1n) is 12.1. The number of carbonyl (C=O) groups is 2. The van der Waals surface area contributed by atoms with Crippen LogP contribution in [0.25, 0.3) is 0 Å². The maximum Gasteiger partial charge on any atom is 0.242 e. The lowest BCUT2D eigenvalue weighted by atomic mass is 10.1. The maximum atomic E-state index is 14.4. The summed E-state index contributed by atoms with van der Waals surface area (Å²) in [5.74, 6) is -1.65. The van der Waals surface area contributed by atoms with Crippen LogP contribution in [0.15, 0.2) is 48.5 Å². The summed E-state index contributed by atoms with van der Waals surface area (Å²) in [7, 11) is -3.67. The summed E-state index contributed by atoms with van der Waals surface area (Å²) in [5.41, 5.74) is 0.578. The molecule has 36 heavy (non-hydrogen) atoms. The Balaban J connectivity index is 1.72. The highest BCUT2D eigenvalue weighted by Gasteiger charge is 2.29. The zero-order chi connectivity index (χ0) is 26.3. The Morgan fingerprint density at radius 3 is 2.31 bits per heavy atom. The van der Waals surface area contributed by atoms with Gasteiger partial charge in [0.15, 0.2) is 0 Å². The van der Waals surface area contributed by atoms with Crippen LogP contribution in [0.3, 0.4) is 0 Å². The minimum Gasteiger partial charge on any atom is -0.352 e. The second kappa shape index (κ2) is 12.3. The molecule has 1 aliphatic rings. The average Bonchev–Trinajstić information content (AvgIpc) is 3.34. The first kappa shape index (κ1) is 27.6. The van der Waals surface area contributed by atoms with E-state index >= 15 is 0 Å². The molecule has 1 aliphatic carbocycles. The zero-order valence-corrected chi connectivity index (χ0v) is 21.4. The van der Waals surface area contributed by atoms with Gasteiger partial charge in [-0.05, 0) is 56.5 Å². The van der Waals surface area contributed by atoms with Crippen LogP contribution in [0.1, 0.15) is 51.0 Å². The fourth-order valence-corrected chi connectivity index (χ4v) is 5.36. The second-order valence-electron chi connectivity index (χ2n) is 9.19. The number of benzene rings is 2. The Morgan fingerprint density at radius 1 is 1.06 bits per heavy atom. The number of nitrogens with zero attached hydrogens (tertiary/aromatic N) is 2. The number of sulfonamides is 1. The third-order valence-electron chi connectivity index (χ3n) is 6.43. The number of halogens is 2. The lowest BCUT2D eigenvalue weighted by Gasteiger charge is -2.30. The largest absolute Gasteiger partial charge is 0.352 e. The van der Waals surface area contributed by atoms with Crippen molar-refractivity contribution in [3.8, 4) is 0 Å². The van der Waals surface area contributed by atoms with Crippen molar-refractivity contribution in [2.24, 2.45) is 0 Å². The SMILES string of the molecule is C[C@@H](C(=O)NC1CCCC1)N(Cc1ccccc1F)C(=O)CCCN(c1ccc(F)cc1)S(C)(=O)=O. The highest BCUT2D eigenvalue weighted by Crippen LogP contribution is 2.21. The molecule has 1 atom stereocenters. The van der Waals surface area contributed by atoms with E-state index in [0.717, 1.165) is 36.2 Å². The van der Waals surface area contributed by atoms with Gasteiger partial charge in [0.2, 0.25) is 21.8 Å². The fourth-order valence-electron chi connectivity index (χ4n) is 4.40. The van der Waals surface area contributed by atoms with E-state index < -0.39 is 27.7 Å². The molecule has 0 bridgehead atoms. The first-order chi connectivity index (χ1) is 17.1. The third-order valence-corrected chi connectivity index (χ3v) is 7.63. The zero-order valence-electron chi connectivity index (χ0n) is 20.6. The first-order valence-corrected chi connectivity index (χ1v) is 14.0. The Morgan fingerprint density at radius 2 is 1.69 bits per heavy atom. The van der Waals surface area contributed by atoms with Crippen molar-refractivity contribution in [1.29, 1.82) is 0 Å². The predicted molar refractivity (Wildman–Crippen MR) is 135 cm³/mol. The van der Waals surface area contributed by atoms with Crippen molar-refractivity contribution in [2.75, 3.05) is 17.1 Å². The van der Waals surface area contributed by atoms with Gasteiger partial charge in [-0.25, -0.2) is 17.2 Å². The molecule has 7 nitrogen and oxygen atoms in total. The van der Waals surface area contributed by atoms with E-state index in [1.165, 1.54) is 35.2 Å². The van der Waals surface area contributed by atoms with Crippen molar-refractivity contribution in [3.05, 3.63) is 65.7 Å². The lowest BCUT2D eigenvalue weighted by Crippen LogP contribution is -2.49. The lowest BCUT2D eigenvalue weighted by molar-refractivity contribution is -0.141. The van der Waals surface area contributed by atoms with E-state index in [9.17, 15) is 26.8 Å². The molecule has 2 aromatic carbocycles. The molecule has 0 saturated heterocycles. The molecule has 1 saturated carbocycles. The van der Waals surface area contributed by atoms with Gasteiger partial charge in [0, 0.05) is 31.1 Å². The molecule has 0 unspecified atom stereocenters. The fraction of sp³-hybridized carbons (Fsp3) is 0.462. The van der Waals surface area contributed by atoms with Gasteiger partial charge >= 0.3 is 0 Å². The molecule has 3 rings (SSSR count). The van der Waals surface area contributed by atoms with Crippen LogP contribution >= 0.6 is 0 Å². The van der Waals surface area contributed by atoms with Crippen molar-refractivity contribution in [3.63, 3.8) is 0 Å². The van der Waals surface area contributed by atoms with Crippen LogP contribution in [-0.4, -0.2) is 50.0 Å². The Bertz CT molecular complexity index is 1150. The molecule has 1 fully saturated rings. The number of hydrogen-bond acceptors (Lipinski definition) is 4. The molecular formula is C26H33F2N3O4S. The highest BCUT2D eigenvalue weighted by atomic mass is 32.2. The van der Waals surface area contributed by atoms with Gasteiger partial charge < -0.3 is 10.2 Å². The van der Waals surface area contributed by atoms with Crippen LogP contribution in [0.4, 0.5) is 14.5 Å². The standard InChI is InChI=1S/C26H33F2N3O4S/c1-19(26(33)29-22-9-4-5-10-22)30(18-20-8-3-6-11-24(20)28)25(32)12-7-17-31(36(2,34)35)23-15-13-21(27)14-16-23/h3,6,8,11,13-16,19,22H,4-5,7,9-10,12,17-18H2,1-2H3,(H,29,33)/t19-/m0/s1.